The number of nitrogens with zero attached hydrogens (tertiary/aromatic N) is 1. The van der Waals surface area contributed by atoms with Crippen LogP contribution in [0.25, 0.3) is 33.4 Å². The molecule has 1 aromatic heterocycles. The molecular weight excluding hydrogens is 302 g/mol. The first kappa shape index (κ1) is 15.3. The second kappa shape index (κ2) is 6.74. The van der Waals surface area contributed by atoms with Crippen molar-refractivity contribution in [3.05, 3.63) is 103 Å². The Bertz CT molecular complexity index is 914. The normalized spacial score (nSPS) is 10.6. The summed E-state index contributed by atoms with van der Waals surface area (Å²) in [6.45, 7) is 2.12. The van der Waals surface area contributed by atoms with Crippen LogP contribution in [0.5, 0.6) is 0 Å². The standard InChI is InChI=1S/C24H19N/c1-18-7-9-20(10-8-18)23-15-22(19-5-3-2-4-6-19)16-24(17-23)21-11-13-25-14-12-21/h2-17H,1H3. The van der Waals surface area contributed by atoms with Gasteiger partial charge >= 0.3 is 0 Å². The summed E-state index contributed by atoms with van der Waals surface area (Å²) in [5, 5.41) is 0. The molecule has 0 N–H and O–H groups in total. The fraction of sp³-hybridized carbons (Fsp3) is 0.0417. The van der Waals surface area contributed by atoms with E-state index in [4.69, 9.17) is 0 Å². The van der Waals surface area contributed by atoms with Gasteiger partial charge in [-0.1, -0.05) is 60.2 Å². The van der Waals surface area contributed by atoms with Crippen molar-refractivity contribution in [1.82, 2.24) is 4.98 Å². The van der Waals surface area contributed by atoms with Gasteiger partial charge in [0.15, 0.2) is 0 Å². The quantitative estimate of drug-likeness (QED) is 0.426. The molecule has 0 saturated carbocycles. The lowest BCUT2D eigenvalue weighted by Crippen LogP contribution is -1.86. The van der Waals surface area contributed by atoms with Crippen molar-refractivity contribution in [2.45, 2.75) is 6.92 Å². The highest BCUT2D eigenvalue weighted by atomic mass is 14.6. The molecular formula is C24H19N. The van der Waals surface area contributed by atoms with Crippen LogP contribution in [0.3, 0.4) is 0 Å². The first-order valence-electron chi connectivity index (χ1n) is 8.47. The van der Waals surface area contributed by atoms with E-state index >= 15 is 0 Å². The molecule has 0 spiro atoms. The highest BCUT2D eigenvalue weighted by Crippen LogP contribution is 2.32. The molecule has 4 rings (SSSR count). The summed E-state index contributed by atoms with van der Waals surface area (Å²) in [4.78, 5) is 4.14. The molecule has 1 heteroatoms. The molecule has 3 aromatic carbocycles. The smallest absolute Gasteiger partial charge is 0.0273 e. The van der Waals surface area contributed by atoms with Gasteiger partial charge in [0.1, 0.15) is 0 Å². The first-order chi connectivity index (χ1) is 12.3. The van der Waals surface area contributed by atoms with Crippen LogP contribution >= 0.6 is 0 Å². The lowest BCUT2D eigenvalue weighted by atomic mass is 9.93. The third-order valence-electron chi connectivity index (χ3n) is 4.44. The van der Waals surface area contributed by atoms with Crippen molar-refractivity contribution >= 4 is 0 Å². The highest BCUT2D eigenvalue weighted by molar-refractivity contribution is 5.81. The average molecular weight is 321 g/mol. The minimum atomic E-state index is 1.18. The Labute approximate surface area is 148 Å². The molecule has 4 aromatic rings. The Morgan fingerprint density at radius 2 is 0.960 bits per heavy atom. The van der Waals surface area contributed by atoms with Gasteiger partial charge in [0.25, 0.3) is 0 Å². The molecule has 0 aliphatic carbocycles. The molecule has 0 amide bonds. The van der Waals surface area contributed by atoms with E-state index in [9.17, 15) is 0 Å². The van der Waals surface area contributed by atoms with Crippen molar-refractivity contribution in [3.63, 3.8) is 0 Å². The second-order valence-electron chi connectivity index (χ2n) is 6.27. The third-order valence-corrected chi connectivity index (χ3v) is 4.44. The van der Waals surface area contributed by atoms with Crippen molar-refractivity contribution in [2.24, 2.45) is 0 Å². The maximum Gasteiger partial charge on any atom is 0.0273 e. The van der Waals surface area contributed by atoms with Gasteiger partial charge in [-0.15, -0.1) is 0 Å². The van der Waals surface area contributed by atoms with E-state index in [1.165, 1.54) is 38.9 Å². The number of benzene rings is 3. The van der Waals surface area contributed by atoms with Crippen LogP contribution in [-0.4, -0.2) is 4.98 Å². The summed E-state index contributed by atoms with van der Waals surface area (Å²) in [6.07, 6.45) is 3.69. The zero-order chi connectivity index (χ0) is 17.1. The van der Waals surface area contributed by atoms with Crippen LogP contribution in [0.15, 0.2) is 97.3 Å². The van der Waals surface area contributed by atoms with Gasteiger partial charge < -0.3 is 0 Å². The summed E-state index contributed by atoms with van der Waals surface area (Å²) in [5.74, 6) is 0. The molecule has 0 bridgehead atoms. The Kier molecular flexibility index (Phi) is 4.14. The molecule has 0 unspecified atom stereocenters. The van der Waals surface area contributed by atoms with Gasteiger partial charge in [0, 0.05) is 12.4 Å². The Morgan fingerprint density at radius 1 is 0.480 bits per heavy atom. The Balaban J connectivity index is 1.90. The number of aromatic nitrogens is 1. The van der Waals surface area contributed by atoms with Crippen molar-refractivity contribution in [1.29, 1.82) is 0 Å². The van der Waals surface area contributed by atoms with Crippen molar-refractivity contribution in [3.8, 4) is 33.4 Å². The fourth-order valence-corrected chi connectivity index (χ4v) is 3.05. The number of hydrogen-bond donors (Lipinski definition) is 0. The molecule has 0 aliphatic heterocycles. The summed E-state index contributed by atoms with van der Waals surface area (Å²) in [5.41, 5.74) is 8.59. The molecule has 0 atom stereocenters. The van der Waals surface area contributed by atoms with E-state index in [1.54, 1.807) is 0 Å². The highest BCUT2D eigenvalue weighted by Gasteiger charge is 2.07. The Morgan fingerprint density at radius 3 is 1.52 bits per heavy atom. The third kappa shape index (κ3) is 3.36. The van der Waals surface area contributed by atoms with Gasteiger partial charge in [-0.2, -0.15) is 0 Å². The van der Waals surface area contributed by atoms with E-state index < -0.39 is 0 Å². The molecule has 25 heavy (non-hydrogen) atoms. The number of hydrogen-bond acceptors (Lipinski definition) is 1. The van der Waals surface area contributed by atoms with Gasteiger partial charge in [-0.3, -0.25) is 4.98 Å². The van der Waals surface area contributed by atoms with Crippen LogP contribution < -0.4 is 0 Å². The molecule has 0 fully saturated rings. The lowest BCUT2D eigenvalue weighted by Gasteiger charge is -2.11. The molecule has 0 saturated heterocycles. The summed E-state index contributed by atoms with van der Waals surface area (Å²) in [7, 11) is 0. The van der Waals surface area contributed by atoms with Crippen LogP contribution in [-0.2, 0) is 0 Å². The zero-order valence-corrected chi connectivity index (χ0v) is 14.2. The number of rotatable bonds is 3. The van der Waals surface area contributed by atoms with Gasteiger partial charge in [0.2, 0.25) is 0 Å². The minimum absolute atomic E-state index is 1.18. The largest absolute Gasteiger partial charge is 0.265 e. The average Bonchev–Trinajstić information content (AvgIpc) is 2.69. The zero-order valence-electron chi connectivity index (χ0n) is 14.2. The van der Waals surface area contributed by atoms with Gasteiger partial charge in [-0.25, -0.2) is 0 Å². The predicted octanol–water partition coefficient (Wildman–Crippen LogP) is 6.39. The summed E-state index contributed by atoms with van der Waals surface area (Å²) < 4.78 is 0. The number of pyridine rings is 1. The molecule has 0 aliphatic rings. The van der Waals surface area contributed by atoms with E-state index in [1.807, 2.05) is 12.4 Å². The maximum absolute atomic E-state index is 4.14. The van der Waals surface area contributed by atoms with E-state index in [0.717, 1.165) is 0 Å². The van der Waals surface area contributed by atoms with E-state index in [2.05, 4.69) is 96.8 Å². The van der Waals surface area contributed by atoms with E-state index in [-0.39, 0.29) is 0 Å². The summed E-state index contributed by atoms with van der Waals surface area (Å²) in [6, 6.07) is 30.1. The van der Waals surface area contributed by atoms with Gasteiger partial charge in [-0.05, 0) is 70.6 Å². The van der Waals surface area contributed by atoms with Crippen LogP contribution in [0.4, 0.5) is 0 Å². The molecule has 1 heterocycles. The summed E-state index contributed by atoms with van der Waals surface area (Å²) >= 11 is 0. The van der Waals surface area contributed by atoms with Gasteiger partial charge in [0.05, 0.1) is 0 Å². The lowest BCUT2D eigenvalue weighted by molar-refractivity contribution is 1.33. The first-order valence-corrected chi connectivity index (χ1v) is 8.47. The molecule has 0 radical (unpaired) electrons. The fourth-order valence-electron chi connectivity index (χ4n) is 3.05. The monoisotopic (exact) mass is 321 g/mol. The van der Waals surface area contributed by atoms with Crippen molar-refractivity contribution < 1.29 is 0 Å². The van der Waals surface area contributed by atoms with Crippen LogP contribution in [0.1, 0.15) is 5.56 Å². The topological polar surface area (TPSA) is 12.9 Å². The van der Waals surface area contributed by atoms with E-state index in [0.29, 0.717) is 0 Å². The molecule has 1 nitrogen and oxygen atoms in total. The molecule has 120 valence electrons. The maximum atomic E-state index is 4.14. The number of aryl methyl sites for hydroxylation is 1. The SMILES string of the molecule is Cc1ccc(-c2cc(-c3ccccc3)cc(-c3ccncc3)c2)cc1. The predicted molar refractivity (Wildman–Crippen MR) is 105 cm³/mol. The second-order valence-corrected chi connectivity index (χ2v) is 6.27. The van der Waals surface area contributed by atoms with Crippen molar-refractivity contribution in [2.75, 3.05) is 0 Å². The van der Waals surface area contributed by atoms with Crippen LogP contribution in [0, 0.1) is 6.92 Å². The van der Waals surface area contributed by atoms with Crippen LogP contribution in [0.2, 0.25) is 0 Å². The Hall–Kier alpha value is -3.19. The minimum Gasteiger partial charge on any atom is -0.265 e.